The Bertz CT molecular complexity index is 768. The van der Waals surface area contributed by atoms with E-state index in [2.05, 4.69) is 15.9 Å². The lowest BCUT2D eigenvalue weighted by atomic mass is 10.1. The molecule has 0 bridgehead atoms. The number of carbonyl (C=O) groups excluding carboxylic acids is 1. The lowest BCUT2D eigenvalue weighted by molar-refractivity contribution is 0.104. The first-order valence-corrected chi connectivity index (χ1v) is 7.41. The molecule has 0 aliphatic rings. The molecule has 0 aliphatic carbocycles. The minimum absolute atomic E-state index is 0.0578. The number of aromatic hydroxyl groups is 2. The second kappa shape index (κ2) is 7.19. The van der Waals surface area contributed by atoms with Crippen molar-refractivity contribution in [2.75, 3.05) is 14.2 Å². The van der Waals surface area contributed by atoms with E-state index in [1.54, 1.807) is 18.2 Å². The van der Waals surface area contributed by atoms with Gasteiger partial charge in [0.15, 0.2) is 5.78 Å². The molecule has 0 unspecified atom stereocenters. The van der Waals surface area contributed by atoms with Gasteiger partial charge in [-0.25, -0.2) is 0 Å². The van der Waals surface area contributed by atoms with E-state index in [0.717, 1.165) is 5.56 Å². The third-order valence-electron chi connectivity index (χ3n) is 3.16. The maximum Gasteiger partial charge on any atom is 0.193 e. The molecule has 2 aromatic carbocycles. The summed E-state index contributed by atoms with van der Waals surface area (Å²) in [4.78, 5) is 12.3. The summed E-state index contributed by atoms with van der Waals surface area (Å²) in [6.45, 7) is 0. The summed E-state index contributed by atoms with van der Waals surface area (Å²) in [6, 6.07) is 7.72. The molecular formula is C17H15BrO5. The minimum atomic E-state index is -0.411. The number of benzene rings is 2. The molecule has 2 aromatic rings. The lowest BCUT2D eigenvalue weighted by Crippen LogP contribution is -2.00. The van der Waals surface area contributed by atoms with Crippen LogP contribution in [0, 0.1) is 0 Å². The number of rotatable bonds is 5. The highest BCUT2D eigenvalue weighted by Crippen LogP contribution is 2.34. The van der Waals surface area contributed by atoms with Crippen LogP contribution in [0.4, 0.5) is 0 Å². The molecule has 0 saturated heterocycles. The Morgan fingerprint density at radius 1 is 1.09 bits per heavy atom. The van der Waals surface area contributed by atoms with Crippen LogP contribution in [-0.4, -0.2) is 30.2 Å². The number of phenols is 2. The fourth-order valence-electron chi connectivity index (χ4n) is 1.98. The molecular weight excluding hydrogens is 364 g/mol. The Morgan fingerprint density at radius 2 is 1.83 bits per heavy atom. The molecule has 0 atom stereocenters. The van der Waals surface area contributed by atoms with Crippen molar-refractivity contribution in [3.63, 3.8) is 0 Å². The first-order valence-electron chi connectivity index (χ1n) is 6.62. The standard InChI is InChI=1S/C17H15BrO5/c1-22-11-8-15(21)17(16(9-11)23-2)14(20)6-4-10-3-5-13(19)12(18)7-10/h3-9,19,21H,1-2H3/b6-4+. The molecule has 0 aliphatic heterocycles. The Hall–Kier alpha value is -2.47. The fraction of sp³-hybridized carbons (Fsp3) is 0.118. The molecule has 0 fully saturated rings. The normalized spacial score (nSPS) is 10.7. The van der Waals surface area contributed by atoms with Crippen molar-refractivity contribution in [1.29, 1.82) is 0 Å². The molecule has 0 aromatic heterocycles. The van der Waals surface area contributed by atoms with Crippen LogP contribution in [0.1, 0.15) is 15.9 Å². The summed E-state index contributed by atoms with van der Waals surface area (Å²) < 4.78 is 10.7. The number of hydrogen-bond donors (Lipinski definition) is 2. The Morgan fingerprint density at radius 3 is 2.43 bits per heavy atom. The van der Waals surface area contributed by atoms with Crippen molar-refractivity contribution < 1.29 is 24.5 Å². The van der Waals surface area contributed by atoms with Crippen LogP contribution in [0.25, 0.3) is 6.08 Å². The van der Waals surface area contributed by atoms with Crippen molar-refractivity contribution in [1.82, 2.24) is 0 Å². The van der Waals surface area contributed by atoms with Crippen molar-refractivity contribution in [3.05, 3.63) is 52.0 Å². The number of halogens is 1. The summed E-state index contributed by atoms with van der Waals surface area (Å²) in [5, 5.41) is 19.5. The zero-order valence-corrected chi connectivity index (χ0v) is 14.1. The number of methoxy groups -OCH3 is 2. The van der Waals surface area contributed by atoms with Gasteiger partial charge in [-0.15, -0.1) is 0 Å². The number of carbonyl (C=O) groups is 1. The largest absolute Gasteiger partial charge is 0.507 e. The third-order valence-corrected chi connectivity index (χ3v) is 3.79. The van der Waals surface area contributed by atoms with E-state index in [0.29, 0.717) is 10.2 Å². The maximum absolute atomic E-state index is 12.3. The van der Waals surface area contributed by atoms with Gasteiger partial charge in [-0.2, -0.15) is 0 Å². The van der Waals surface area contributed by atoms with E-state index in [-0.39, 0.29) is 22.8 Å². The molecule has 0 radical (unpaired) electrons. The van der Waals surface area contributed by atoms with Gasteiger partial charge in [-0.3, -0.25) is 4.79 Å². The molecule has 5 nitrogen and oxygen atoms in total. The number of ketones is 1. The van der Waals surface area contributed by atoms with E-state index >= 15 is 0 Å². The van der Waals surface area contributed by atoms with Gasteiger partial charge < -0.3 is 19.7 Å². The summed E-state index contributed by atoms with van der Waals surface area (Å²) in [5.74, 6) is 0.0996. The smallest absolute Gasteiger partial charge is 0.193 e. The van der Waals surface area contributed by atoms with Gasteiger partial charge >= 0.3 is 0 Å². The predicted molar refractivity (Wildman–Crippen MR) is 90.4 cm³/mol. The molecule has 0 heterocycles. The van der Waals surface area contributed by atoms with Crippen LogP contribution in [-0.2, 0) is 0 Å². The highest BCUT2D eigenvalue weighted by Gasteiger charge is 2.17. The van der Waals surface area contributed by atoms with Gasteiger partial charge in [0.25, 0.3) is 0 Å². The minimum Gasteiger partial charge on any atom is -0.507 e. The second-order valence-corrected chi connectivity index (χ2v) is 5.49. The van der Waals surface area contributed by atoms with Crippen molar-refractivity contribution in [2.24, 2.45) is 0 Å². The van der Waals surface area contributed by atoms with Crippen molar-refractivity contribution in [2.45, 2.75) is 0 Å². The van der Waals surface area contributed by atoms with E-state index in [9.17, 15) is 15.0 Å². The van der Waals surface area contributed by atoms with Crippen LogP contribution < -0.4 is 9.47 Å². The zero-order chi connectivity index (χ0) is 17.0. The van der Waals surface area contributed by atoms with Crippen LogP contribution in [0.15, 0.2) is 40.9 Å². The van der Waals surface area contributed by atoms with E-state index in [1.807, 2.05) is 0 Å². The van der Waals surface area contributed by atoms with Gasteiger partial charge in [0.1, 0.15) is 28.6 Å². The number of allylic oxidation sites excluding steroid dienone is 1. The highest BCUT2D eigenvalue weighted by molar-refractivity contribution is 9.10. The summed E-state index contributed by atoms with van der Waals surface area (Å²) in [5.41, 5.74) is 0.775. The monoisotopic (exact) mass is 378 g/mol. The number of ether oxygens (including phenoxy) is 2. The highest BCUT2D eigenvalue weighted by atomic mass is 79.9. The molecule has 0 spiro atoms. The topological polar surface area (TPSA) is 76.0 Å². The van der Waals surface area contributed by atoms with E-state index in [4.69, 9.17) is 9.47 Å². The van der Waals surface area contributed by atoms with Crippen LogP contribution in [0.3, 0.4) is 0 Å². The van der Waals surface area contributed by atoms with Crippen LogP contribution in [0.5, 0.6) is 23.0 Å². The lowest BCUT2D eigenvalue weighted by Gasteiger charge is -2.10. The number of hydrogen-bond acceptors (Lipinski definition) is 5. The van der Waals surface area contributed by atoms with E-state index in [1.165, 1.54) is 38.5 Å². The zero-order valence-electron chi connectivity index (χ0n) is 12.5. The summed E-state index contributed by atoms with van der Waals surface area (Å²) in [7, 11) is 2.87. The molecule has 23 heavy (non-hydrogen) atoms. The molecule has 0 amide bonds. The average molecular weight is 379 g/mol. The first kappa shape index (κ1) is 16.9. The second-order valence-electron chi connectivity index (χ2n) is 4.63. The Labute approximate surface area is 141 Å². The predicted octanol–water partition coefficient (Wildman–Crippen LogP) is 3.77. The fourth-order valence-corrected chi connectivity index (χ4v) is 2.38. The van der Waals surface area contributed by atoms with Crippen molar-refractivity contribution in [3.8, 4) is 23.0 Å². The first-order chi connectivity index (χ1) is 11.0. The van der Waals surface area contributed by atoms with Crippen LogP contribution in [0.2, 0.25) is 0 Å². The molecule has 2 rings (SSSR count). The molecule has 6 heteroatoms. The van der Waals surface area contributed by atoms with Gasteiger partial charge in [0.2, 0.25) is 0 Å². The van der Waals surface area contributed by atoms with Gasteiger partial charge in [-0.1, -0.05) is 12.1 Å². The molecule has 120 valence electrons. The quantitative estimate of drug-likeness (QED) is 0.611. The third kappa shape index (κ3) is 3.84. The summed E-state index contributed by atoms with van der Waals surface area (Å²) in [6.07, 6.45) is 2.90. The average Bonchev–Trinajstić information content (AvgIpc) is 2.54. The molecule has 0 saturated carbocycles. The van der Waals surface area contributed by atoms with Gasteiger partial charge in [0, 0.05) is 12.1 Å². The Balaban J connectivity index is 2.33. The van der Waals surface area contributed by atoms with Gasteiger partial charge in [-0.05, 0) is 39.7 Å². The maximum atomic E-state index is 12.3. The number of phenolic OH excluding ortho intramolecular Hbond substituents is 2. The molecule has 2 N–H and O–H groups in total. The summed E-state index contributed by atoms with van der Waals surface area (Å²) >= 11 is 3.21. The van der Waals surface area contributed by atoms with Crippen molar-refractivity contribution >= 4 is 27.8 Å². The van der Waals surface area contributed by atoms with Gasteiger partial charge in [0.05, 0.1) is 18.7 Å². The Kier molecular flexibility index (Phi) is 5.28. The van der Waals surface area contributed by atoms with E-state index < -0.39 is 5.78 Å². The van der Waals surface area contributed by atoms with Crippen LogP contribution >= 0.6 is 15.9 Å². The SMILES string of the molecule is COc1cc(O)c(C(=O)/C=C/c2ccc(O)c(Br)c2)c(OC)c1.